The van der Waals surface area contributed by atoms with Crippen LogP contribution in [0.2, 0.25) is 0 Å². The smallest absolute Gasteiger partial charge is 0.211 e. The lowest BCUT2D eigenvalue weighted by molar-refractivity contribution is 0.245. The van der Waals surface area contributed by atoms with Crippen LogP contribution in [0.3, 0.4) is 0 Å². The number of phenols is 2. The first-order valence-corrected chi connectivity index (χ1v) is 8.61. The van der Waals surface area contributed by atoms with Crippen molar-refractivity contribution in [1.82, 2.24) is 0 Å². The van der Waals surface area contributed by atoms with Gasteiger partial charge in [-0.3, -0.25) is 0 Å². The molecule has 0 fully saturated rings. The Kier molecular flexibility index (Phi) is 8.45. The van der Waals surface area contributed by atoms with E-state index >= 15 is 0 Å². The minimum atomic E-state index is -0.274. The van der Waals surface area contributed by atoms with Crippen LogP contribution in [0.25, 0.3) is 0 Å². The van der Waals surface area contributed by atoms with Crippen LogP contribution >= 0.6 is 0 Å². The molecule has 0 saturated heterocycles. The molecule has 0 unspecified atom stereocenters. The van der Waals surface area contributed by atoms with Gasteiger partial charge in [0, 0.05) is 5.56 Å². The van der Waals surface area contributed by atoms with Crippen LogP contribution in [0.15, 0.2) is 0 Å². The number of phenolic OH excluding ortho intramolecular Hbond substituents is 2. The summed E-state index contributed by atoms with van der Waals surface area (Å²) >= 11 is 0. The van der Waals surface area contributed by atoms with Crippen LogP contribution < -0.4 is 14.2 Å². The monoisotopic (exact) mass is 326 g/mol. The van der Waals surface area contributed by atoms with Crippen molar-refractivity contribution in [1.29, 1.82) is 0 Å². The number of benzene rings is 1. The normalized spacial score (nSPS) is 10.6. The van der Waals surface area contributed by atoms with Gasteiger partial charge in [-0.2, -0.15) is 0 Å². The molecule has 0 radical (unpaired) electrons. The maximum Gasteiger partial charge on any atom is 0.211 e. The summed E-state index contributed by atoms with van der Waals surface area (Å²) in [5.74, 6) is 0.551. The second-order valence-electron chi connectivity index (χ2n) is 5.27. The van der Waals surface area contributed by atoms with E-state index < -0.39 is 0 Å². The minimum Gasteiger partial charge on any atom is -0.504 e. The van der Waals surface area contributed by atoms with E-state index in [1.54, 1.807) is 0 Å². The molecule has 0 heterocycles. The zero-order valence-electron chi connectivity index (χ0n) is 14.8. The molecule has 1 aromatic rings. The molecule has 23 heavy (non-hydrogen) atoms. The average Bonchev–Trinajstić information content (AvgIpc) is 2.54. The summed E-state index contributed by atoms with van der Waals surface area (Å²) in [5.41, 5.74) is 0.590. The van der Waals surface area contributed by atoms with E-state index in [-0.39, 0.29) is 17.2 Å². The van der Waals surface area contributed by atoms with Gasteiger partial charge in [0.25, 0.3) is 0 Å². The van der Waals surface area contributed by atoms with E-state index in [4.69, 9.17) is 14.2 Å². The molecular formula is C18H30O5. The van der Waals surface area contributed by atoms with E-state index in [0.29, 0.717) is 43.3 Å². The van der Waals surface area contributed by atoms with Gasteiger partial charge < -0.3 is 24.4 Å². The molecule has 0 saturated carbocycles. The highest BCUT2D eigenvalue weighted by Gasteiger charge is 2.27. The molecule has 0 spiro atoms. The van der Waals surface area contributed by atoms with Gasteiger partial charge in [0.1, 0.15) is 0 Å². The number of unbranched alkanes of at least 4 members (excludes halogenated alkanes) is 3. The predicted octanol–water partition coefficient (Wildman–Crippen LogP) is 4.42. The first-order chi connectivity index (χ1) is 11.1. The van der Waals surface area contributed by atoms with E-state index in [1.165, 1.54) is 0 Å². The Morgan fingerprint density at radius 2 is 1.22 bits per heavy atom. The van der Waals surface area contributed by atoms with Crippen LogP contribution in [0.1, 0.15) is 58.9 Å². The Bertz CT molecular complexity index is 485. The lowest BCUT2D eigenvalue weighted by Gasteiger charge is -2.21. The lowest BCUT2D eigenvalue weighted by Crippen LogP contribution is -2.06. The fraction of sp³-hybridized carbons (Fsp3) is 0.667. The molecule has 0 bridgehead atoms. The van der Waals surface area contributed by atoms with Crippen molar-refractivity contribution >= 4 is 0 Å². The first-order valence-electron chi connectivity index (χ1n) is 8.61. The molecule has 5 nitrogen and oxygen atoms in total. The fourth-order valence-electron chi connectivity index (χ4n) is 2.52. The summed E-state index contributed by atoms with van der Waals surface area (Å²) in [6, 6.07) is 0. The Balaban J connectivity index is 3.29. The molecule has 0 aliphatic heterocycles. The van der Waals surface area contributed by atoms with Crippen LogP contribution in [0, 0.1) is 0 Å². The van der Waals surface area contributed by atoms with Gasteiger partial charge in [-0.15, -0.1) is 0 Å². The third kappa shape index (κ3) is 4.85. The molecule has 0 aromatic heterocycles. The molecule has 132 valence electrons. The number of ether oxygens (including phenoxy) is 3. The standard InChI is InChI=1S/C18H30O5/c1-5-9-10-11-12-13-14(19)15(20)17(22-7-3)18(23-8-4)16(13)21-6-2/h19-20H,5-12H2,1-4H3. The zero-order valence-corrected chi connectivity index (χ0v) is 14.8. The maximum atomic E-state index is 10.4. The summed E-state index contributed by atoms with van der Waals surface area (Å²) in [6.07, 6.45) is 4.90. The van der Waals surface area contributed by atoms with Crippen molar-refractivity contribution < 1.29 is 24.4 Å². The predicted molar refractivity (Wildman–Crippen MR) is 91.1 cm³/mol. The number of hydrogen-bond donors (Lipinski definition) is 2. The molecule has 0 aliphatic carbocycles. The molecule has 0 amide bonds. The van der Waals surface area contributed by atoms with Gasteiger partial charge in [0.2, 0.25) is 17.2 Å². The highest BCUT2D eigenvalue weighted by atomic mass is 16.5. The van der Waals surface area contributed by atoms with Gasteiger partial charge in [-0.25, -0.2) is 0 Å². The fourth-order valence-corrected chi connectivity index (χ4v) is 2.52. The molecule has 1 aromatic carbocycles. The van der Waals surface area contributed by atoms with Crippen molar-refractivity contribution in [2.45, 2.75) is 59.8 Å². The molecule has 1 rings (SSSR count). The van der Waals surface area contributed by atoms with Crippen LogP contribution in [-0.4, -0.2) is 30.0 Å². The van der Waals surface area contributed by atoms with Gasteiger partial charge in [0.05, 0.1) is 19.8 Å². The second kappa shape index (κ2) is 10.1. The highest BCUT2D eigenvalue weighted by molar-refractivity contribution is 5.69. The zero-order chi connectivity index (χ0) is 17.2. The Morgan fingerprint density at radius 3 is 1.78 bits per heavy atom. The van der Waals surface area contributed by atoms with Crippen LogP contribution in [-0.2, 0) is 6.42 Å². The van der Waals surface area contributed by atoms with E-state index in [1.807, 2.05) is 20.8 Å². The van der Waals surface area contributed by atoms with Crippen molar-refractivity contribution in [3.05, 3.63) is 5.56 Å². The lowest BCUT2D eigenvalue weighted by atomic mass is 10.0. The largest absolute Gasteiger partial charge is 0.504 e. The topological polar surface area (TPSA) is 68.2 Å². The SMILES string of the molecule is CCCCCCc1c(O)c(O)c(OCC)c(OCC)c1OCC. The van der Waals surface area contributed by atoms with Crippen molar-refractivity contribution in [3.8, 4) is 28.7 Å². The van der Waals surface area contributed by atoms with E-state index in [9.17, 15) is 10.2 Å². The van der Waals surface area contributed by atoms with Gasteiger partial charge in [-0.05, 0) is 33.6 Å². The number of aromatic hydroxyl groups is 2. The maximum absolute atomic E-state index is 10.4. The third-order valence-corrected chi connectivity index (χ3v) is 3.56. The quantitative estimate of drug-likeness (QED) is 0.465. The second-order valence-corrected chi connectivity index (χ2v) is 5.27. The number of hydrogen-bond acceptors (Lipinski definition) is 5. The Hall–Kier alpha value is -1.78. The minimum absolute atomic E-state index is 0.146. The summed E-state index contributed by atoms with van der Waals surface area (Å²) in [7, 11) is 0. The summed E-state index contributed by atoms with van der Waals surface area (Å²) < 4.78 is 16.9. The van der Waals surface area contributed by atoms with Crippen LogP contribution in [0.5, 0.6) is 28.7 Å². The highest BCUT2D eigenvalue weighted by Crippen LogP contribution is 2.53. The molecule has 0 aliphatic rings. The number of rotatable bonds is 11. The van der Waals surface area contributed by atoms with Crippen LogP contribution in [0.4, 0.5) is 0 Å². The Morgan fingerprint density at radius 1 is 0.652 bits per heavy atom. The van der Waals surface area contributed by atoms with E-state index in [2.05, 4.69) is 6.92 Å². The molecule has 0 atom stereocenters. The third-order valence-electron chi connectivity index (χ3n) is 3.56. The average molecular weight is 326 g/mol. The first kappa shape index (κ1) is 19.3. The Labute approximate surface area is 139 Å². The molecule has 2 N–H and O–H groups in total. The molecule has 5 heteroatoms. The van der Waals surface area contributed by atoms with E-state index in [0.717, 1.165) is 25.7 Å². The van der Waals surface area contributed by atoms with Crippen molar-refractivity contribution in [3.63, 3.8) is 0 Å². The van der Waals surface area contributed by atoms with Crippen molar-refractivity contribution in [2.75, 3.05) is 19.8 Å². The summed E-state index contributed by atoms with van der Waals surface area (Å²) in [6.45, 7) is 8.91. The van der Waals surface area contributed by atoms with Gasteiger partial charge >= 0.3 is 0 Å². The summed E-state index contributed by atoms with van der Waals surface area (Å²) in [4.78, 5) is 0. The molecular weight excluding hydrogens is 296 g/mol. The van der Waals surface area contributed by atoms with Crippen molar-refractivity contribution in [2.24, 2.45) is 0 Å². The van der Waals surface area contributed by atoms with Gasteiger partial charge in [0.15, 0.2) is 11.5 Å². The summed E-state index contributed by atoms with van der Waals surface area (Å²) in [5, 5.41) is 20.7. The van der Waals surface area contributed by atoms with Gasteiger partial charge in [-0.1, -0.05) is 26.2 Å².